The van der Waals surface area contributed by atoms with Gasteiger partial charge in [0.1, 0.15) is 12.3 Å². The number of aliphatic imine (C=N–C) groups is 1. The summed E-state index contributed by atoms with van der Waals surface area (Å²) in [5.74, 6) is 1.71. The largest absolute Gasteiger partial charge is 0.496 e. The second-order valence-electron chi connectivity index (χ2n) is 6.26. The van der Waals surface area contributed by atoms with Crippen molar-refractivity contribution in [1.29, 1.82) is 0 Å². The van der Waals surface area contributed by atoms with Gasteiger partial charge in [0.25, 0.3) is 0 Å². The number of hydrogen-bond donors (Lipinski definition) is 2. The number of aryl methyl sites for hydroxylation is 1. The number of carbonyl (C=O) groups is 1. The van der Waals surface area contributed by atoms with Gasteiger partial charge in [-0.25, -0.2) is 4.99 Å². The van der Waals surface area contributed by atoms with E-state index in [0.717, 1.165) is 56.8 Å². The molecule has 0 spiro atoms. The highest BCUT2D eigenvalue weighted by Crippen LogP contribution is 2.18. The summed E-state index contributed by atoms with van der Waals surface area (Å²) in [7, 11) is 1.69. The van der Waals surface area contributed by atoms with E-state index in [2.05, 4.69) is 33.8 Å². The Morgan fingerprint density at radius 1 is 1.28 bits per heavy atom. The highest BCUT2D eigenvalue weighted by Gasteiger charge is 2.17. The standard InChI is InChI=1S/C19H30N4O2/c1-4-20-19(22-14-18(24)23-11-5-6-12-23)21-10-9-16-8-7-15(2)17(13-16)25-3/h7-8,13H,4-6,9-12,14H2,1-3H3,(H2,20,21,22). The third kappa shape index (κ3) is 5.96. The minimum atomic E-state index is 0.109. The predicted octanol–water partition coefficient (Wildman–Crippen LogP) is 1.72. The average Bonchev–Trinajstić information content (AvgIpc) is 3.15. The van der Waals surface area contributed by atoms with E-state index < -0.39 is 0 Å². The smallest absolute Gasteiger partial charge is 0.244 e. The number of hydrogen-bond acceptors (Lipinski definition) is 3. The summed E-state index contributed by atoms with van der Waals surface area (Å²) >= 11 is 0. The zero-order valence-electron chi connectivity index (χ0n) is 15.6. The molecule has 25 heavy (non-hydrogen) atoms. The number of rotatable bonds is 7. The summed E-state index contributed by atoms with van der Waals surface area (Å²) in [6.07, 6.45) is 3.07. The molecule has 0 unspecified atom stereocenters. The first-order valence-electron chi connectivity index (χ1n) is 9.07. The van der Waals surface area contributed by atoms with Crippen molar-refractivity contribution in [2.24, 2.45) is 4.99 Å². The molecule has 2 N–H and O–H groups in total. The monoisotopic (exact) mass is 346 g/mol. The van der Waals surface area contributed by atoms with Crippen LogP contribution in [-0.4, -0.2) is 56.6 Å². The number of guanidine groups is 1. The molecule has 1 amide bonds. The van der Waals surface area contributed by atoms with Gasteiger partial charge in [0.15, 0.2) is 5.96 Å². The number of carbonyl (C=O) groups excluding carboxylic acids is 1. The van der Waals surface area contributed by atoms with Crippen LogP contribution in [0.1, 0.15) is 30.9 Å². The normalized spacial score (nSPS) is 14.5. The molecule has 138 valence electrons. The molecule has 1 fully saturated rings. The van der Waals surface area contributed by atoms with Crippen LogP contribution in [0.25, 0.3) is 0 Å². The van der Waals surface area contributed by atoms with Crippen molar-refractivity contribution in [1.82, 2.24) is 15.5 Å². The van der Waals surface area contributed by atoms with Crippen LogP contribution in [0.15, 0.2) is 23.2 Å². The second-order valence-corrected chi connectivity index (χ2v) is 6.26. The van der Waals surface area contributed by atoms with Gasteiger partial charge in [-0.1, -0.05) is 12.1 Å². The van der Waals surface area contributed by atoms with Gasteiger partial charge in [0, 0.05) is 26.2 Å². The summed E-state index contributed by atoms with van der Waals surface area (Å²) in [5.41, 5.74) is 2.34. The van der Waals surface area contributed by atoms with Crippen LogP contribution >= 0.6 is 0 Å². The fraction of sp³-hybridized carbons (Fsp3) is 0.579. The highest BCUT2D eigenvalue weighted by molar-refractivity contribution is 5.85. The van der Waals surface area contributed by atoms with Gasteiger partial charge in [0.2, 0.25) is 5.91 Å². The number of benzene rings is 1. The zero-order valence-corrected chi connectivity index (χ0v) is 15.6. The molecule has 1 aliphatic heterocycles. The Morgan fingerprint density at radius 3 is 2.72 bits per heavy atom. The van der Waals surface area contributed by atoms with Gasteiger partial charge < -0.3 is 20.3 Å². The molecule has 6 nitrogen and oxygen atoms in total. The molecule has 1 aromatic rings. The predicted molar refractivity (Wildman–Crippen MR) is 101 cm³/mol. The quantitative estimate of drug-likeness (QED) is 0.583. The van der Waals surface area contributed by atoms with Crippen LogP contribution in [0, 0.1) is 6.92 Å². The molecule has 1 saturated heterocycles. The molecule has 2 rings (SSSR count). The number of methoxy groups -OCH3 is 1. The van der Waals surface area contributed by atoms with Crippen molar-refractivity contribution < 1.29 is 9.53 Å². The van der Waals surface area contributed by atoms with Gasteiger partial charge in [0.05, 0.1) is 7.11 Å². The molecule has 0 saturated carbocycles. The molecule has 0 bridgehead atoms. The van der Waals surface area contributed by atoms with Crippen LogP contribution in [0.2, 0.25) is 0 Å². The van der Waals surface area contributed by atoms with E-state index >= 15 is 0 Å². The maximum Gasteiger partial charge on any atom is 0.244 e. The first kappa shape index (κ1) is 19.1. The number of amides is 1. The Morgan fingerprint density at radius 2 is 2.04 bits per heavy atom. The lowest BCUT2D eigenvalue weighted by Gasteiger charge is -2.15. The Balaban J connectivity index is 1.84. The van der Waals surface area contributed by atoms with E-state index in [1.807, 2.05) is 18.7 Å². The van der Waals surface area contributed by atoms with E-state index in [4.69, 9.17) is 4.74 Å². The number of nitrogens with zero attached hydrogens (tertiary/aromatic N) is 2. The van der Waals surface area contributed by atoms with Gasteiger partial charge in [-0.15, -0.1) is 0 Å². The van der Waals surface area contributed by atoms with Gasteiger partial charge >= 0.3 is 0 Å². The summed E-state index contributed by atoms with van der Waals surface area (Å²) in [6.45, 7) is 7.51. The van der Waals surface area contributed by atoms with Crippen molar-refractivity contribution in [3.05, 3.63) is 29.3 Å². The maximum atomic E-state index is 12.1. The summed E-state index contributed by atoms with van der Waals surface area (Å²) in [6, 6.07) is 6.25. The van der Waals surface area contributed by atoms with E-state index in [9.17, 15) is 4.79 Å². The number of likely N-dealkylation sites (tertiary alicyclic amines) is 1. The number of nitrogens with one attached hydrogen (secondary N) is 2. The Bertz CT molecular complexity index is 595. The molecular formula is C19H30N4O2. The van der Waals surface area contributed by atoms with E-state index in [-0.39, 0.29) is 12.5 Å². The lowest BCUT2D eigenvalue weighted by molar-refractivity contribution is -0.128. The first-order valence-corrected chi connectivity index (χ1v) is 9.07. The highest BCUT2D eigenvalue weighted by atomic mass is 16.5. The van der Waals surface area contributed by atoms with Crippen LogP contribution in [-0.2, 0) is 11.2 Å². The second kappa shape index (κ2) is 9.91. The topological polar surface area (TPSA) is 66.0 Å². The first-order chi connectivity index (χ1) is 12.1. The average molecular weight is 346 g/mol. The molecule has 6 heteroatoms. The SMILES string of the molecule is CCNC(=NCC(=O)N1CCCC1)NCCc1ccc(C)c(OC)c1. The van der Waals surface area contributed by atoms with Crippen LogP contribution < -0.4 is 15.4 Å². The molecule has 1 aromatic carbocycles. The molecule has 0 atom stereocenters. The van der Waals surface area contributed by atoms with Crippen molar-refractivity contribution in [3.63, 3.8) is 0 Å². The number of ether oxygens (including phenoxy) is 1. The molecular weight excluding hydrogens is 316 g/mol. The maximum absolute atomic E-state index is 12.1. The Kier molecular flexibility index (Phi) is 7.57. The molecule has 0 aliphatic carbocycles. The van der Waals surface area contributed by atoms with Crippen molar-refractivity contribution in [3.8, 4) is 5.75 Å². The molecule has 0 aromatic heterocycles. The third-order valence-corrected chi connectivity index (χ3v) is 4.35. The molecule has 1 aliphatic rings. The van der Waals surface area contributed by atoms with Crippen LogP contribution in [0.3, 0.4) is 0 Å². The van der Waals surface area contributed by atoms with Gasteiger partial charge in [-0.3, -0.25) is 4.79 Å². The lowest BCUT2D eigenvalue weighted by atomic mass is 10.1. The van der Waals surface area contributed by atoms with Crippen molar-refractivity contribution in [2.45, 2.75) is 33.1 Å². The van der Waals surface area contributed by atoms with E-state index in [0.29, 0.717) is 5.96 Å². The van der Waals surface area contributed by atoms with Gasteiger partial charge in [-0.2, -0.15) is 0 Å². The zero-order chi connectivity index (χ0) is 18.1. The Hall–Kier alpha value is -2.24. The van der Waals surface area contributed by atoms with Crippen LogP contribution in [0.4, 0.5) is 0 Å². The fourth-order valence-corrected chi connectivity index (χ4v) is 2.90. The minimum Gasteiger partial charge on any atom is -0.496 e. The summed E-state index contributed by atoms with van der Waals surface area (Å²) < 4.78 is 5.37. The Labute approximate surface area is 150 Å². The van der Waals surface area contributed by atoms with Crippen molar-refractivity contribution in [2.75, 3.05) is 39.8 Å². The third-order valence-electron chi connectivity index (χ3n) is 4.35. The lowest BCUT2D eigenvalue weighted by Crippen LogP contribution is -2.39. The summed E-state index contributed by atoms with van der Waals surface area (Å²) in [4.78, 5) is 18.4. The van der Waals surface area contributed by atoms with E-state index in [1.165, 1.54) is 5.56 Å². The fourth-order valence-electron chi connectivity index (χ4n) is 2.90. The van der Waals surface area contributed by atoms with Crippen LogP contribution in [0.5, 0.6) is 5.75 Å². The molecule has 1 heterocycles. The van der Waals surface area contributed by atoms with E-state index in [1.54, 1.807) is 7.11 Å². The minimum absolute atomic E-state index is 0.109. The van der Waals surface area contributed by atoms with Gasteiger partial charge in [-0.05, 0) is 50.3 Å². The van der Waals surface area contributed by atoms with Crippen molar-refractivity contribution >= 4 is 11.9 Å². The summed E-state index contributed by atoms with van der Waals surface area (Å²) in [5, 5.41) is 6.48. The molecule has 0 radical (unpaired) electrons.